The van der Waals surface area contributed by atoms with Gasteiger partial charge in [-0.15, -0.1) is 0 Å². The maximum absolute atomic E-state index is 10.8. The molecule has 19 heavy (non-hydrogen) atoms. The summed E-state index contributed by atoms with van der Waals surface area (Å²) in [6.07, 6.45) is 7.76. The van der Waals surface area contributed by atoms with Crippen LogP contribution in [-0.4, -0.2) is 36.6 Å². The van der Waals surface area contributed by atoms with Crippen LogP contribution in [0.5, 0.6) is 0 Å². The number of carbonyl (C=O) groups is 1. The van der Waals surface area contributed by atoms with E-state index < -0.39 is 0 Å². The van der Waals surface area contributed by atoms with Crippen LogP contribution in [0, 0.1) is 6.92 Å². The molecular weight excluding hydrogens is 240 g/mol. The van der Waals surface area contributed by atoms with E-state index in [1.807, 2.05) is 13.0 Å². The van der Waals surface area contributed by atoms with E-state index in [0.717, 1.165) is 37.2 Å². The summed E-state index contributed by atoms with van der Waals surface area (Å²) < 4.78 is 5.89. The van der Waals surface area contributed by atoms with E-state index in [9.17, 15) is 4.79 Å². The third kappa shape index (κ3) is 2.37. The highest BCUT2D eigenvalue weighted by Crippen LogP contribution is 2.32. The first kappa shape index (κ1) is 12.6. The lowest BCUT2D eigenvalue weighted by Crippen LogP contribution is -2.53. The summed E-state index contributed by atoms with van der Waals surface area (Å²) in [4.78, 5) is 17.7. The molecule has 0 aromatic carbocycles. The van der Waals surface area contributed by atoms with Gasteiger partial charge in [0.25, 0.3) is 0 Å². The highest BCUT2D eigenvalue weighted by Gasteiger charge is 2.35. The molecule has 1 saturated carbocycles. The summed E-state index contributed by atoms with van der Waals surface area (Å²) in [5, 5.41) is 0. The van der Waals surface area contributed by atoms with E-state index in [2.05, 4.69) is 9.88 Å². The SMILES string of the molecule is Cc1cc(C=O)cnc1N1CCOC2CCCCC21. The molecule has 1 aliphatic carbocycles. The van der Waals surface area contributed by atoms with Gasteiger partial charge in [-0.25, -0.2) is 4.98 Å². The van der Waals surface area contributed by atoms with Crippen LogP contribution in [0.25, 0.3) is 0 Å². The second kappa shape index (κ2) is 5.29. The molecule has 0 amide bonds. The van der Waals surface area contributed by atoms with Crippen LogP contribution in [-0.2, 0) is 4.74 Å². The molecule has 0 radical (unpaired) electrons. The van der Waals surface area contributed by atoms with Crippen LogP contribution in [0.1, 0.15) is 41.6 Å². The smallest absolute Gasteiger partial charge is 0.151 e. The summed E-state index contributed by atoms with van der Waals surface area (Å²) in [5.74, 6) is 1.02. The van der Waals surface area contributed by atoms with Crippen molar-refractivity contribution in [3.05, 3.63) is 23.4 Å². The Morgan fingerprint density at radius 2 is 2.26 bits per heavy atom. The Bertz CT molecular complexity index is 473. The Morgan fingerprint density at radius 3 is 3.05 bits per heavy atom. The van der Waals surface area contributed by atoms with Gasteiger partial charge in [0.2, 0.25) is 0 Å². The van der Waals surface area contributed by atoms with Crippen LogP contribution in [0.4, 0.5) is 5.82 Å². The van der Waals surface area contributed by atoms with E-state index in [0.29, 0.717) is 17.7 Å². The minimum atomic E-state index is 0.356. The zero-order valence-electron chi connectivity index (χ0n) is 11.3. The zero-order valence-corrected chi connectivity index (χ0v) is 11.3. The molecule has 4 nitrogen and oxygen atoms in total. The summed E-state index contributed by atoms with van der Waals surface area (Å²) in [7, 11) is 0. The molecule has 3 rings (SSSR count). The molecule has 102 valence electrons. The van der Waals surface area contributed by atoms with Crippen LogP contribution >= 0.6 is 0 Å². The molecule has 1 saturated heterocycles. The number of ether oxygens (including phenoxy) is 1. The maximum atomic E-state index is 10.8. The molecule has 2 atom stereocenters. The van der Waals surface area contributed by atoms with E-state index in [1.54, 1.807) is 6.20 Å². The van der Waals surface area contributed by atoms with Crippen LogP contribution in [0.2, 0.25) is 0 Å². The number of anilines is 1. The van der Waals surface area contributed by atoms with Crippen molar-refractivity contribution in [3.8, 4) is 0 Å². The third-order valence-electron chi connectivity index (χ3n) is 4.21. The quantitative estimate of drug-likeness (QED) is 0.766. The molecule has 0 N–H and O–H groups in total. The molecule has 2 fully saturated rings. The zero-order chi connectivity index (χ0) is 13.2. The number of pyridine rings is 1. The van der Waals surface area contributed by atoms with Crippen molar-refractivity contribution in [3.63, 3.8) is 0 Å². The number of morpholine rings is 1. The lowest BCUT2D eigenvalue weighted by Gasteiger charge is -2.44. The van der Waals surface area contributed by atoms with Gasteiger partial charge in [0.05, 0.1) is 18.8 Å². The third-order valence-corrected chi connectivity index (χ3v) is 4.21. The Kier molecular flexibility index (Phi) is 3.51. The maximum Gasteiger partial charge on any atom is 0.151 e. The first-order chi connectivity index (χ1) is 9.29. The minimum absolute atomic E-state index is 0.356. The average molecular weight is 260 g/mol. The highest BCUT2D eigenvalue weighted by molar-refractivity contribution is 5.75. The standard InChI is InChI=1S/C15H20N2O2/c1-11-8-12(10-18)9-16-15(11)17-6-7-19-14-5-3-2-4-13(14)17/h8-10,13-14H,2-7H2,1H3. The fourth-order valence-corrected chi connectivity index (χ4v) is 3.31. The largest absolute Gasteiger partial charge is 0.374 e. The van der Waals surface area contributed by atoms with Gasteiger partial charge >= 0.3 is 0 Å². The first-order valence-electron chi connectivity index (χ1n) is 7.09. The number of hydrogen-bond donors (Lipinski definition) is 0. The van der Waals surface area contributed by atoms with Crippen molar-refractivity contribution in [1.29, 1.82) is 0 Å². The second-order valence-corrected chi connectivity index (χ2v) is 5.48. The number of aryl methyl sites for hydroxylation is 1. The normalized spacial score (nSPS) is 26.9. The molecule has 2 heterocycles. The Balaban J connectivity index is 1.89. The number of hydrogen-bond acceptors (Lipinski definition) is 4. The van der Waals surface area contributed by atoms with Gasteiger partial charge in [-0.2, -0.15) is 0 Å². The fraction of sp³-hybridized carbons (Fsp3) is 0.600. The number of fused-ring (bicyclic) bond motifs is 1. The van der Waals surface area contributed by atoms with Gasteiger partial charge in [-0.05, 0) is 31.4 Å². The molecule has 2 unspecified atom stereocenters. The molecule has 1 aromatic rings. The lowest BCUT2D eigenvalue weighted by molar-refractivity contribution is -0.00903. The van der Waals surface area contributed by atoms with Crippen molar-refractivity contribution in [2.45, 2.75) is 44.8 Å². The Labute approximate surface area is 113 Å². The predicted molar refractivity (Wildman–Crippen MR) is 73.7 cm³/mol. The summed E-state index contributed by atoms with van der Waals surface area (Å²) >= 11 is 0. The Hall–Kier alpha value is -1.42. The van der Waals surface area contributed by atoms with Gasteiger partial charge in [0.1, 0.15) is 5.82 Å². The van der Waals surface area contributed by atoms with Crippen LogP contribution < -0.4 is 4.90 Å². The molecule has 2 aliphatic rings. The van der Waals surface area contributed by atoms with Gasteiger partial charge in [0, 0.05) is 18.3 Å². The number of aromatic nitrogens is 1. The molecule has 0 bridgehead atoms. The number of carbonyl (C=O) groups excluding carboxylic acids is 1. The van der Waals surface area contributed by atoms with Gasteiger partial charge < -0.3 is 9.64 Å². The highest BCUT2D eigenvalue weighted by atomic mass is 16.5. The van der Waals surface area contributed by atoms with Crippen LogP contribution in [0.15, 0.2) is 12.3 Å². The summed E-state index contributed by atoms with van der Waals surface area (Å²) in [6.45, 7) is 3.70. The van der Waals surface area contributed by atoms with Crippen molar-refractivity contribution in [1.82, 2.24) is 4.98 Å². The van der Waals surface area contributed by atoms with Crippen molar-refractivity contribution in [2.24, 2.45) is 0 Å². The first-order valence-corrected chi connectivity index (χ1v) is 7.09. The Morgan fingerprint density at radius 1 is 1.42 bits per heavy atom. The van der Waals surface area contributed by atoms with E-state index in [4.69, 9.17) is 4.74 Å². The van der Waals surface area contributed by atoms with Crippen molar-refractivity contribution >= 4 is 12.1 Å². The second-order valence-electron chi connectivity index (χ2n) is 5.48. The van der Waals surface area contributed by atoms with Gasteiger partial charge in [0.15, 0.2) is 6.29 Å². The minimum Gasteiger partial charge on any atom is -0.374 e. The van der Waals surface area contributed by atoms with Crippen molar-refractivity contribution < 1.29 is 9.53 Å². The monoisotopic (exact) mass is 260 g/mol. The van der Waals surface area contributed by atoms with Crippen LogP contribution in [0.3, 0.4) is 0 Å². The molecule has 0 spiro atoms. The number of aldehydes is 1. The molecular formula is C15H20N2O2. The van der Waals surface area contributed by atoms with Crippen molar-refractivity contribution in [2.75, 3.05) is 18.1 Å². The lowest BCUT2D eigenvalue weighted by atomic mass is 9.90. The topological polar surface area (TPSA) is 42.4 Å². The summed E-state index contributed by atoms with van der Waals surface area (Å²) in [5.41, 5.74) is 1.73. The van der Waals surface area contributed by atoms with Gasteiger partial charge in [-0.1, -0.05) is 12.8 Å². The molecule has 1 aliphatic heterocycles. The predicted octanol–water partition coefficient (Wildman–Crippen LogP) is 2.35. The number of rotatable bonds is 2. The van der Waals surface area contributed by atoms with E-state index >= 15 is 0 Å². The number of nitrogens with zero attached hydrogens (tertiary/aromatic N) is 2. The molecule has 1 aromatic heterocycles. The fourth-order valence-electron chi connectivity index (χ4n) is 3.31. The van der Waals surface area contributed by atoms with E-state index in [1.165, 1.54) is 19.3 Å². The average Bonchev–Trinajstić information content (AvgIpc) is 2.46. The summed E-state index contributed by atoms with van der Waals surface area (Å²) in [6, 6.07) is 2.37. The molecule has 4 heteroatoms. The van der Waals surface area contributed by atoms with Gasteiger partial charge in [-0.3, -0.25) is 4.79 Å². The van der Waals surface area contributed by atoms with E-state index in [-0.39, 0.29) is 0 Å².